The first-order valence-electron chi connectivity index (χ1n) is 19.6. The third-order valence-corrected chi connectivity index (χ3v) is 12.9. The lowest BCUT2D eigenvalue weighted by molar-refractivity contribution is -0.150. The molecule has 0 saturated carbocycles. The van der Waals surface area contributed by atoms with Crippen molar-refractivity contribution in [2.75, 3.05) is 64.9 Å². The first-order valence-corrected chi connectivity index (χ1v) is 19.6. The van der Waals surface area contributed by atoms with Crippen molar-refractivity contribution in [1.82, 2.24) is 29.7 Å². The molecule has 1 atom stereocenters. The molecule has 4 saturated heterocycles. The number of carbonyl (C=O) groups excluding carboxylic acids is 1. The van der Waals surface area contributed by atoms with Crippen LogP contribution in [0.5, 0.6) is 5.75 Å². The number of phenols is 1. The maximum Gasteiger partial charge on any atom is 0.223 e. The standard InChI is InChI=1S/C43H45FN8O3/c1-49(2)28-21-50(22-28)42-39-41(32-17-26(7-5-13-45)36(37(44)38(32)48-42)31-19-29(53)16-25-6-3-4-8-30(25)31)52(40-27-18-33(40)46-20-27)34(47-39)9-10-35(54)51-23-43(24-51)11-14-55-15-12-43/h3-4,6,8,16-17,19,27-28,46,53H,5,7,9-12,14-15,18,20-24H2,1-2H3. The Labute approximate surface area is 319 Å². The largest absolute Gasteiger partial charge is 0.508 e. The Bertz CT molecular complexity index is 2480. The zero-order valence-electron chi connectivity index (χ0n) is 31.4. The van der Waals surface area contributed by atoms with E-state index in [0.717, 1.165) is 98.7 Å². The van der Waals surface area contributed by atoms with E-state index in [1.54, 1.807) is 12.1 Å². The number of rotatable bonds is 9. The molecule has 1 unspecified atom stereocenters. The molecule has 11 nitrogen and oxygen atoms in total. The van der Waals surface area contributed by atoms with E-state index < -0.39 is 5.82 Å². The molecular formula is C43H45FN8O3. The number of aromatic nitrogens is 3. The lowest BCUT2D eigenvalue weighted by Gasteiger charge is -2.52. The molecule has 2 bridgehead atoms. The third-order valence-electron chi connectivity index (χ3n) is 12.9. The number of hydrogen-bond acceptors (Lipinski definition) is 9. The van der Waals surface area contributed by atoms with E-state index in [0.29, 0.717) is 64.6 Å². The molecule has 2 aromatic heterocycles. The van der Waals surface area contributed by atoms with Gasteiger partial charge < -0.3 is 29.9 Å². The van der Waals surface area contributed by atoms with Gasteiger partial charge in [0.15, 0.2) is 11.6 Å². The normalized spacial score (nSPS) is 20.3. The van der Waals surface area contributed by atoms with Gasteiger partial charge in [-0.05, 0) is 79.9 Å². The number of hydrogen-bond donors (Lipinski definition) is 2. The van der Waals surface area contributed by atoms with Crippen LogP contribution in [0.3, 0.4) is 0 Å². The SMILES string of the molecule is CN(C)C1CN(c2nc3c(F)c(-c4cc(O)cc5ccccc45)c(CCC#N)cc3c3c2nc(CCC(=O)N2CC4(CCOCC4)C2)n3C2=C3CC2CN3)C1. The van der Waals surface area contributed by atoms with E-state index in [-0.39, 0.29) is 29.0 Å². The fourth-order valence-electron chi connectivity index (χ4n) is 9.69. The van der Waals surface area contributed by atoms with E-state index in [4.69, 9.17) is 14.7 Å². The average molecular weight is 741 g/mol. The minimum absolute atomic E-state index is 0.0404. The van der Waals surface area contributed by atoms with Crippen LogP contribution in [0.1, 0.15) is 43.5 Å². The van der Waals surface area contributed by atoms with Gasteiger partial charge in [0.05, 0.1) is 11.6 Å². The van der Waals surface area contributed by atoms with E-state index >= 15 is 4.39 Å². The number of pyridine rings is 1. The van der Waals surface area contributed by atoms with Crippen LogP contribution >= 0.6 is 0 Å². The van der Waals surface area contributed by atoms with Gasteiger partial charge >= 0.3 is 0 Å². The van der Waals surface area contributed by atoms with Crippen LogP contribution in [0.15, 0.2) is 48.2 Å². The number of amides is 1. The van der Waals surface area contributed by atoms with Gasteiger partial charge in [0.2, 0.25) is 5.91 Å². The summed E-state index contributed by atoms with van der Waals surface area (Å²) in [5.41, 5.74) is 5.83. The van der Waals surface area contributed by atoms with Crippen molar-refractivity contribution in [3.05, 3.63) is 65.4 Å². The Morgan fingerprint density at radius 3 is 2.62 bits per heavy atom. The molecule has 0 radical (unpaired) electrons. The van der Waals surface area contributed by atoms with Crippen LogP contribution in [0.25, 0.3) is 49.5 Å². The number of ether oxygens (including phenoxy) is 1. The predicted molar refractivity (Wildman–Crippen MR) is 210 cm³/mol. The zero-order chi connectivity index (χ0) is 37.6. The second-order valence-corrected chi connectivity index (χ2v) is 16.5. The molecule has 7 heterocycles. The molecule has 55 heavy (non-hydrogen) atoms. The number of allylic oxidation sites excluding steroid dienone is 1. The van der Waals surface area contributed by atoms with E-state index in [2.05, 4.69) is 39.8 Å². The first kappa shape index (κ1) is 34.3. The Morgan fingerprint density at radius 1 is 1.09 bits per heavy atom. The van der Waals surface area contributed by atoms with Crippen LogP contribution in [0, 0.1) is 28.5 Å². The predicted octanol–water partition coefficient (Wildman–Crippen LogP) is 5.82. The van der Waals surface area contributed by atoms with Crippen LogP contribution in [0.4, 0.5) is 10.2 Å². The van der Waals surface area contributed by atoms with Crippen LogP contribution in [-0.2, 0) is 22.4 Å². The topological polar surface area (TPSA) is 123 Å². The van der Waals surface area contributed by atoms with Crippen LogP contribution < -0.4 is 10.2 Å². The quantitative estimate of drug-likeness (QED) is 0.193. The Balaban J connectivity index is 1.16. The van der Waals surface area contributed by atoms with Gasteiger partial charge in [-0.3, -0.25) is 9.36 Å². The van der Waals surface area contributed by atoms with Gasteiger partial charge in [0.25, 0.3) is 0 Å². The number of anilines is 1. The third kappa shape index (κ3) is 5.46. The van der Waals surface area contributed by atoms with Crippen molar-refractivity contribution < 1.29 is 19.0 Å². The number of imidazole rings is 1. The molecule has 11 rings (SSSR count). The van der Waals surface area contributed by atoms with Crippen molar-refractivity contribution in [1.29, 1.82) is 5.26 Å². The highest BCUT2D eigenvalue weighted by atomic mass is 19.1. The molecule has 282 valence electrons. The maximum absolute atomic E-state index is 17.8. The number of halogens is 1. The summed E-state index contributed by atoms with van der Waals surface area (Å²) in [6.45, 7) is 5.40. The second kappa shape index (κ2) is 12.9. The molecule has 12 heteroatoms. The fourth-order valence-corrected chi connectivity index (χ4v) is 9.69. The highest BCUT2D eigenvalue weighted by Crippen LogP contribution is 2.48. The van der Waals surface area contributed by atoms with Crippen molar-refractivity contribution >= 4 is 50.1 Å². The molecule has 3 aromatic carbocycles. The molecule has 1 aliphatic carbocycles. The van der Waals surface area contributed by atoms with Gasteiger partial charge in [0, 0.05) is 105 Å². The van der Waals surface area contributed by atoms with Gasteiger partial charge in [-0.1, -0.05) is 24.3 Å². The summed E-state index contributed by atoms with van der Waals surface area (Å²) in [6, 6.07) is 15.5. The van der Waals surface area contributed by atoms with Crippen LogP contribution in [-0.4, -0.2) is 101 Å². The monoisotopic (exact) mass is 740 g/mol. The van der Waals surface area contributed by atoms with Crippen molar-refractivity contribution in [2.24, 2.45) is 11.3 Å². The molecule has 4 fully saturated rings. The maximum atomic E-state index is 17.8. The molecule has 1 amide bonds. The number of aromatic hydroxyl groups is 1. The zero-order valence-corrected chi connectivity index (χ0v) is 31.4. The minimum atomic E-state index is -0.481. The number of carbonyl (C=O) groups is 1. The number of nitrogens with one attached hydrogen (secondary N) is 1. The van der Waals surface area contributed by atoms with Crippen molar-refractivity contribution in [3.63, 3.8) is 0 Å². The fraction of sp³-hybridized carbons (Fsp3) is 0.442. The Hall–Kier alpha value is -5.25. The smallest absolute Gasteiger partial charge is 0.223 e. The first-order chi connectivity index (χ1) is 26.7. The molecule has 5 aliphatic heterocycles. The molecule has 1 spiro atoms. The van der Waals surface area contributed by atoms with Crippen molar-refractivity contribution in [2.45, 2.75) is 51.0 Å². The second-order valence-electron chi connectivity index (χ2n) is 16.5. The number of likely N-dealkylation sites (tertiary alicyclic amines) is 1. The number of nitrogens with zero attached hydrogens (tertiary/aromatic N) is 7. The number of benzene rings is 3. The highest BCUT2D eigenvalue weighted by Gasteiger charge is 2.46. The van der Waals surface area contributed by atoms with E-state index in [9.17, 15) is 15.2 Å². The highest BCUT2D eigenvalue weighted by molar-refractivity contribution is 6.11. The van der Waals surface area contributed by atoms with Gasteiger partial charge in [-0.2, -0.15) is 5.26 Å². The number of likely N-dealkylation sites (N-methyl/N-ethyl adjacent to an activating group) is 1. The Kier molecular flexibility index (Phi) is 8.05. The van der Waals surface area contributed by atoms with Gasteiger partial charge in [0.1, 0.15) is 22.6 Å². The van der Waals surface area contributed by atoms with E-state index in [1.165, 1.54) is 0 Å². The van der Waals surface area contributed by atoms with Crippen molar-refractivity contribution in [3.8, 4) is 22.9 Å². The summed E-state index contributed by atoms with van der Waals surface area (Å²) in [4.78, 5) is 30.5. The van der Waals surface area contributed by atoms with Gasteiger partial charge in [-0.15, -0.1) is 0 Å². The lowest BCUT2D eigenvalue weighted by Crippen LogP contribution is -2.60. The Morgan fingerprint density at radius 2 is 1.89 bits per heavy atom. The molecule has 2 N–H and O–H groups in total. The molecule has 6 aliphatic rings. The lowest BCUT2D eigenvalue weighted by atomic mass is 9.73. The molecular weight excluding hydrogens is 696 g/mol. The van der Waals surface area contributed by atoms with Gasteiger partial charge in [-0.25, -0.2) is 14.4 Å². The van der Waals surface area contributed by atoms with E-state index in [1.807, 2.05) is 35.2 Å². The molecule has 5 aromatic rings. The summed E-state index contributed by atoms with van der Waals surface area (Å²) in [5, 5.41) is 26.4. The summed E-state index contributed by atoms with van der Waals surface area (Å²) in [6.07, 6.45) is 4.25. The van der Waals surface area contributed by atoms with Crippen LogP contribution in [0.2, 0.25) is 0 Å². The average Bonchev–Trinajstić information content (AvgIpc) is 3.88. The number of aryl methyl sites for hydroxylation is 2. The minimum Gasteiger partial charge on any atom is -0.508 e. The number of nitriles is 1. The summed E-state index contributed by atoms with van der Waals surface area (Å²) < 4.78 is 25.6. The summed E-state index contributed by atoms with van der Waals surface area (Å²) in [7, 11) is 4.14. The number of phenolic OH excluding ortho intramolecular Hbond substituents is 1. The summed E-state index contributed by atoms with van der Waals surface area (Å²) >= 11 is 0. The summed E-state index contributed by atoms with van der Waals surface area (Å²) in [5.74, 6) is 1.41. The number of fused-ring (bicyclic) bond motifs is 5.